The molecule has 0 bridgehead atoms. The van der Waals surface area contributed by atoms with Gasteiger partial charge in [-0.2, -0.15) is 0 Å². The number of anilines is 1. The number of aliphatic hydroxyl groups excluding tert-OH is 1. The van der Waals surface area contributed by atoms with Gasteiger partial charge in [-0.25, -0.2) is 12.8 Å². The molecule has 0 aromatic heterocycles. The molecule has 7 heteroatoms. The maximum Gasteiger partial charge on any atom is 0.175 e. The van der Waals surface area contributed by atoms with E-state index >= 15 is 0 Å². The summed E-state index contributed by atoms with van der Waals surface area (Å²) in [6, 6.07) is 10.4. The molecule has 0 heterocycles. The van der Waals surface area contributed by atoms with Gasteiger partial charge in [0.25, 0.3) is 0 Å². The first kappa shape index (κ1) is 17.2. The molecule has 2 N–H and O–H groups in total. The Morgan fingerprint density at radius 2 is 1.87 bits per heavy atom. The van der Waals surface area contributed by atoms with Crippen molar-refractivity contribution < 1.29 is 22.7 Å². The van der Waals surface area contributed by atoms with Gasteiger partial charge in [0.05, 0.1) is 18.1 Å². The zero-order chi connectivity index (χ0) is 17.0. The van der Waals surface area contributed by atoms with E-state index < -0.39 is 21.8 Å². The lowest BCUT2D eigenvalue weighted by atomic mass is 10.1. The summed E-state index contributed by atoms with van der Waals surface area (Å²) in [5.41, 5.74) is 1.08. The number of benzene rings is 2. The summed E-state index contributed by atoms with van der Waals surface area (Å²) < 4.78 is 41.2. The van der Waals surface area contributed by atoms with E-state index in [1.807, 2.05) is 0 Å². The third-order valence-electron chi connectivity index (χ3n) is 3.34. The monoisotopic (exact) mass is 339 g/mol. The number of sulfone groups is 1. The van der Waals surface area contributed by atoms with Crippen molar-refractivity contribution in [1.82, 2.24) is 0 Å². The van der Waals surface area contributed by atoms with Crippen LogP contribution in [0.1, 0.15) is 11.7 Å². The highest BCUT2D eigenvalue weighted by molar-refractivity contribution is 7.90. The lowest BCUT2D eigenvalue weighted by molar-refractivity contribution is 0.191. The second kappa shape index (κ2) is 6.97. The molecule has 0 aliphatic rings. The van der Waals surface area contributed by atoms with Gasteiger partial charge >= 0.3 is 0 Å². The fourth-order valence-corrected chi connectivity index (χ4v) is 2.68. The number of rotatable bonds is 6. The van der Waals surface area contributed by atoms with Crippen molar-refractivity contribution in [2.45, 2.75) is 11.0 Å². The molecule has 124 valence electrons. The van der Waals surface area contributed by atoms with E-state index in [0.29, 0.717) is 11.3 Å². The predicted octanol–water partition coefficient (Wildman–Crippen LogP) is 2.38. The van der Waals surface area contributed by atoms with Gasteiger partial charge < -0.3 is 15.2 Å². The largest absolute Gasteiger partial charge is 0.494 e. The van der Waals surface area contributed by atoms with Gasteiger partial charge in [0.2, 0.25) is 0 Å². The zero-order valence-corrected chi connectivity index (χ0v) is 13.6. The SMILES string of the molecule is COc1ccc(NC[C@H](O)c2ccc(S(C)(=O)=O)cc2)cc1F. The van der Waals surface area contributed by atoms with Crippen molar-refractivity contribution in [3.63, 3.8) is 0 Å². The standard InChI is InChI=1S/C16H18FNO4S/c1-22-16-8-5-12(9-14(16)17)18-10-15(19)11-3-6-13(7-4-11)23(2,20)21/h3-9,15,18-19H,10H2,1-2H3/t15-/m0/s1. The predicted molar refractivity (Wildman–Crippen MR) is 86.0 cm³/mol. The summed E-state index contributed by atoms with van der Waals surface area (Å²) in [7, 11) is -1.88. The molecule has 2 aromatic carbocycles. The van der Waals surface area contributed by atoms with E-state index in [1.165, 1.54) is 31.4 Å². The number of aliphatic hydroxyl groups is 1. The molecule has 0 fully saturated rings. The average molecular weight is 339 g/mol. The molecule has 0 aliphatic heterocycles. The van der Waals surface area contributed by atoms with Crippen LogP contribution in [0.2, 0.25) is 0 Å². The first-order valence-corrected chi connectivity index (χ1v) is 8.76. The van der Waals surface area contributed by atoms with E-state index in [9.17, 15) is 17.9 Å². The van der Waals surface area contributed by atoms with Gasteiger partial charge in [-0.1, -0.05) is 12.1 Å². The Kier molecular flexibility index (Phi) is 5.23. The lowest BCUT2D eigenvalue weighted by Gasteiger charge is -2.14. The van der Waals surface area contributed by atoms with Crippen LogP contribution in [-0.4, -0.2) is 33.4 Å². The van der Waals surface area contributed by atoms with Crippen LogP contribution in [0.25, 0.3) is 0 Å². The van der Waals surface area contributed by atoms with Crippen LogP contribution in [0.3, 0.4) is 0 Å². The van der Waals surface area contributed by atoms with Gasteiger partial charge in [-0.15, -0.1) is 0 Å². The molecule has 2 aromatic rings. The van der Waals surface area contributed by atoms with Crippen molar-refractivity contribution in [3.05, 3.63) is 53.8 Å². The Balaban J connectivity index is 2.02. The minimum Gasteiger partial charge on any atom is -0.494 e. The fraction of sp³-hybridized carbons (Fsp3) is 0.250. The van der Waals surface area contributed by atoms with Crippen molar-refractivity contribution in [2.75, 3.05) is 25.2 Å². The van der Waals surface area contributed by atoms with E-state index in [4.69, 9.17) is 4.74 Å². The van der Waals surface area contributed by atoms with Crippen LogP contribution in [0.5, 0.6) is 5.75 Å². The molecule has 0 saturated heterocycles. The summed E-state index contributed by atoms with van der Waals surface area (Å²) in [6.07, 6.45) is 0.270. The van der Waals surface area contributed by atoms with Crippen molar-refractivity contribution >= 4 is 15.5 Å². The van der Waals surface area contributed by atoms with Gasteiger partial charge in [0.15, 0.2) is 21.4 Å². The maximum absolute atomic E-state index is 13.6. The van der Waals surface area contributed by atoms with Gasteiger partial charge in [-0.3, -0.25) is 0 Å². The number of nitrogens with one attached hydrogen (secondary N) is 1. The highest BCUT2D eigenvalue weighted by Gasteiger charge is 2.11. The van der Waals surface area contributed by atoms with Crippen LogP contribution in [0, 0.1) is 5.82 Å². The average Bonchev–Trinajstić information content (AvgIpc) is 2.52. The molecular formula is C16H18FNO4S. The summed E-state index contributed by atoms with van der Waals surface area (Å²) in [5.74, 6) is -0.350. The minimum atomic E-state index is -3.26. The first-order chi connectivity index (χ1) is 10.8. The van der Waals surface area contributed by atoms with Crippen LogP contribution in [-0.2, 0) is 9.84 Å². The second-order valence-electron chi connectivity index (χ2n) is 5.09. The maximum atomic E-state index is 13.6. The Bertz CT molecular complexity index is 775. The summed E-state index contributed by atoms with van der Waals surface area (Å²) in [5, 5.41) is 13.0. The highest BCUT2D eigenvalue weighted by atomic mass is 32.2. The molecule has 0 saturated carbocycles. The van der Waals surface area contributed by atoms with E-state index in [-0.39, 0.29) is 17.2 Å². The van der Waals surface area contributed by atoms with E-state index in [2.05, 4.69) is 5.32 Å². The molecule has 5 nitrogen and oxygen atoms in total. The van der Waals surface area contributed by atoms with Crippen LogP contribution < -0.4 is 10.1 Å². The molecule has 0 unspecified atom stereocenters. The van der Waals surface area contributed by atoms with Gasteiger partial charge in [-0.05, 0) is 29.8 Å². The molecular weight excluding hydrogens is 321 g/mol. The number of halogens is 1. The van der Waals surface area contributed by atoms with Crippen molar-refractivity contribution in [3.8, 4) is 5.75 Å². The summed E-state index contributed by atoms with van der Waals surface area (Å²) in [6.45, 7) is 0.157. The molecule has 0 radical (unpaired) electrons. The third-order valence-corrected chi connectivity index (χ3v) is 4.47. The lowest BCUT2D eigenvalue weighted by Crippen LogP contribution is -2.12. The van der Waals surface area contributed by atoms with E-state index in [0.717, 1.165) is 6.26 Å². The number of hydrogen-bond donors (Lipinski definition) is 2. The Morgan fingerprint density at radius 1 is 1.22 bits per heavy atom. The molecule has 0 amide bonds. The van der Waals surface area contributed by atoms with Crippen LogP contribution in [0.4, 0.5) is 10.1 Å². The third kappa shape index (κ3) is 4.43. The fourth-order valence-electron chi connectivity index (χ4n) is 2.05. The topological polar surface area (TPSA) is 75.6 Å². The molecule has 1 atom stereocenters. The Morgan fingerprint density at radius 3 is 2.39 bits per heavy atom. The van der Waals surface area contributed by atoms with Crippen LogP contribution in [0.15, 0.2) is 47.4 Å². The molecule has 0 aliphatic carbocycles. The normalized spacial score (nSPS) is 12.7. The second-order valence-corrected chi connectivity index (χ2v) is 7.10. The Labute approximate surface area is 134 Å². The first-order valence-electron chi connectivity index (χ1n) is 6.87. The summed E-state index contributed by atoms with van der Waals surface area (Å²) >= 11 is 0. The van der Waals surface area contributed by atoms with Crippen molar-refractivity contribution in [2.24, 2.45) is 0 Å². The molecule has 23 heavy (non-hydrogen) atoms. The molecule has 2 rings (SSSR count). The zero-order valence-electron chi connectivity index (χ0n) is 12.8. The number of methoxy groups -OCH3 is 1. The van der Waals surface area contributed by atoms with Crippen molar-refractivity contribution in [1.29, 1.82) is 0 Å². The number of ether oxygens (including phenoxy) is 1. The summed E-state index contributed by atoms with van der Waals surface area (Å²) in [4.78, 5) is 0.193. The smallest absolute Gasteiger partial charge is 0.175 e. The minimum absolute atomic E-state index is 0.146. The van der Waals surface area contributed by atoms with Gasteiger partial charge in [0, 0.05) is 24.6 Å². The van der Waals surface area contributed by atoms with Crippen LogP contribution >= 0.6 is 0 Å². The molecule has 0 spiro atoms. The Hall–Kier alpha value is -2.12. The highest BCUT2D eigenvalue weighted by Crippen LogP contribution is 2.22. The quantitative estimate of drug-likeness (QED) is 0.845. The van der Waals surface area contributed by atoms with Gasteiger partial charge in [0.1, 0.15) is 0 Å². The number of hydrogen-bond acceptors (Lipinski definition) is 5. The van der Waals surface area contributed by atoms with E-state index in [1.54, 1.807) is 18.2 Å².